The van der Waals surface area contributed by atoms with Crippen molar-refractivity contribution in [3.63, 3.8) is 0 Å². The van der Waals surface area contributed by atoms with Gasteiger partial charge in [-0.15, -0.1) is 0 Å². The Bertz CT molecular complexity index is 1180. The summed E-state index contributed by atoms with van der Waals surface area (Å²) in [6.07, 6.45) is 4.97. The van der Waals surface area contributed by atoms with Crippen LogP contribution in [-0.2, 0) is 4.74 Å². The Morgan fingerprint density at radius 1 is 0.972 bits per heavy atom. The zero-order valence-electron chi connectivity index (χ0n) is 20.4. The fraction of sp³-hybridized carbons (Fsp3) is 0.360. The number of pyridine rings is 1. The molecule has 11 heteroatoms. The monoisotopic (exact) mass is 487 g/mol. The molecule has 0 saturated carbocycles. The lowest BCUT2D eigenvalue weighted by molar-refractivity contribution is 0.102. The third-order valence-corrected chi connectivity index (χ3v) is 6.62. The molecule has 1 aromatic carbocycles. The number of ether oxygens (including phenoxy) is 1. The molecule has 4 heterocycles. The second kappa shape index (κ2) is 11.0. The fourth-order valence-electron chi connectivity index (χ4n) is 4.55. The highest BCUT2D eigenvalue weighted by molar-refractivity contribution is 6.45. The lowest BCUT2D eigenvalue weighted by Crippen LogP contribution is -2.51. The quantitative estimate of drug-likeness (QED) is 0.504. The standard InChI is InChI=1S/C25H30BN7O3/c1-26(35)33-12-10-32(11-13-33)23-7-8-27-18-22(23)30-25(34)21-6-9-28-24(29-21)19-2-4-20(5-3-19)31-14-16-36-17-15-31/h2-9,18,35H,10-17H2,1H3,(H,30,34). The van der Waals surface area contributed by atoms with Crippen LogP contribution in [0.4, 0.5) is 17.1 Å². The largest absolute Gasteiger partial charge is 0.437 e. The van der Waals surface area contributed by atoms with Crippen LogP contribution in [0.5, 0.6) is 0 Å². The molecule has 2 saturated heterocycles. The zero-order chi connectivity index (χ0) is 24.9. The molecule has 2 aliphatic rings. The maximum Gasteiger partial charge on any atom is 0.376 e. The summed E-state index contributed by atoms with van der Waals surface area (Å²) in [5, 5.41) is 12.8. The van der Waals surface area contributed by atoms with Crippen LogP contribution < -0.4 is 15.1 Å². The van der Waals surface area contributed by atoms with Gasteiger partial charge in [-0.05, 0) is 43.2 Å². The minimum atomic E-state index is -0.466. The number of benzene rings is 1. The lowest BCUT2D eigenvalue weighted by Gasteiger charge is -2.37. The molecule has 5 rings (SSSR count). The number of hydrogen-bond acceptors (Lipinski definition) is 9. The number of carbonyl (C=O) groups excluding carboxylic acids is 1. The van der Waals surface area contributed by atoms with E-state index in [-0.39, 0.29) is 11.6 Å². The Morgan fingerprint density at radius 3 is 2.44 bits per heavy atom. The van der Waals surface area contributed by atoms with Crippen molar-refractivity contribution < 1.29 is 14.6 Å². The van der Waals surface area contributed by atoms with E-state index in [1.54, 1.807) is 31.5 Å². The van der Waals surface area contributed by atoms with Gasteiger partial charge in [0.25, 0.3) is 5.91 Å². The number of rotatable bonds is 6. The van der Waals surface area contributed by atoms with Crippen LogP contribution in [0.3, 0.4) is 0 Å². The number of nitrogens with one attached hydrogen (secondary N) is 1. The van der Waals surface area contributed by atoms with Gasteiger partial charge >= 0.3 is 7.05 Å². The molecule has 2 aliphatic heterocycles. The summed E-state index contributed by atoms with van der Waals surface area (Å²) in [6.45, 7) is 7.97. The zero-order valence-corrected chi connectivity index (χ0v) is 20.4. The van der Waals surface area contributed by atoms with E-state index >= 15 is 0 Å². The van der Waals surface area contributed by atoms with Gasteiger partial charge in [0.05, 0.1) is 30.8 Å². The van der Waals surface area contributed by atoms with Crippen molar-refractivity contribution in [2.75, 3.05) is 67.6 Å². The fourth-order valence-corrected chi connectivity index (χ4v) is 4.55. The number of hydrogen-bond donors (Lipinski definition) is 2. The van der Waals surface area contributed by atoms with Crippen molar-refractivity contribution in [2.45, 2.75) is 6.82 Å². The smallest absolute Gasteiger partial charge is 0.376 e. The lowest BCUT2D eigenvalue weighted by atomic mass is 9.84. The van der Waals surface area contributed by atoms with E-state index in [9.17, 15) is 9.82 Å². The number of aromatic nitrogens is 3. The molecule has 0 radical (unpaired) electrons. The number of amides is 1. The summed E-state index contributed by atoms with van der Waals surface area (Å²) in [6, 6.07) is 11.6. The Balaban J connectivity index is 1.28. The molecular formula is C25H30BN7O3. The first kappa shape index (κ1) is 24.2. The molecule has 10 nitrogen and oxygen atoms in total. The predicted octanol–water partition coefficient (Wildman–Crippen LogP) is 1.86. The average Bonchev–Trinajstić information content (AvgIpc) is 2.94. The van der Waals surface area contributed by atoms with Crippen LogP contribution in [0.2, 0.25) is 6.82 Å². The maximum absolute atomic E-state index is 13.1. The van der Waals surface area contributed by atoms with E-state index in [2.05, 4.69) is 42.2 Å². The van der Waals surface area contributed by atoms with Gasteiger partial charge < -0.3 is 29.7 Å². The van der Waals surface area contributed by atoms with Crippen molar-refractivity contribution in [2.24, 2.45) is 0 Å². The van der Waals surface area contributed by atoms with Gasteiger partial charge in [-0.3, -0.25) is 9.78 Å². The Labute approximate surface area is 211 Å². The van der Waals surface area contributed by atoms with Gasteiger partial charge in [-0.25, -0.2) is 9.97 Å². The highest BCUT2D eigenvalue weighted by atomic mass is 16.5. The molecule has 186 valence electrons. The van der Waals surface area contributed by atoms with Crippen LogP contribution >= 0.6 is 0 Å². The molecule has 0 aliphatic carbocycles. The molecule has 0 unspecified atom stereocenters. The van der Waals surface area contributed by atoms with Gasteiger partial charge in [0.1, 0.15) is 5.69 Å². The average molecular weight is 487 g/mol. The predicted molar refractivity (Wildman–Crippen MR) is 140 cm³/mol. The van der Waals surface area contributed by atoms with E-state index < -0.39 is 7.05 Å². The maximum atomic E-state index is 13.1. The van der Waals surface area contributed by atoms with Gasteiger partial charge in [-0.2, -0.15) is 0 Å². The van der Waals surface area contributed by atoms with E-state index in [1.165, 1.54) is 0 Å². The second-order valence-corrected chi connectivity index (χ2v) is 8.91. The van der Waals surface area contributed by atoms with Crippen LogP contribution in [0.15, 0.2) is 55.0 Å². The number of piperazine rings is 1. The summed E-state index contributed by atoms with van der Waals surface area (Å²) in [5.74, 6) is 0.178. The van der Waals surface area contributed by atoms with E-state index in [0.29, 0.717) is 11.5 Å². The first-order chi connectivity index (χ1) is 17.6. The van der Waals surface area contributed by atoms with Crippen molar-refractivity contribution in [1.82, 2.24) is 19.8 Å². The highest BCUT2D eigenvalue weighted by Gasteiger charge is 2.24. The van der Waals surface area contributed by atoms with Crippen LogP contribution in [0.25, 0.3) is 11.4 Å². The first-order valence-electron chi connectivity index (χ1n) is 12.3. The molecule has 2 fully saturated rings. The molecule has 2 N–H and O–H groups in total. The van der Waals surface area contributed by atoms with Gasteiger partial charge in [0.2, 0.25) is 0 Å². The Hall–Kier alpha value is -3.54. The van der Waals surface area contributed by atoms with Crippen molar-refractivity contribution in [3.05, 3.63) is 60.7 Å². The summed E-state index contributed by atoms with van der Waals surface area (Å²) in [4.78, 5) is 32.7. The summed E-state index contributed by atoms with van der Waals surface area (Å²) in [7, 11) is -0.466. The molecule has 3 aromatic rings. The normalized spacial score (nSPS) is 16.6. The molecule has 0 bridgehead atoms. The molecular weight excluding hydrogens is 457 g/mol. The van der Waals surface area contributed by atoms with E-state index in [0.717, 1.165) is 69.4 Å². The van der Waals surface area contributed by atoms with E-state index in [1.807, 2.05) is 23.0 Å². The SMILES string of the molecule is CB(O)N1CCN(c2ccncc2NC(=O)c2ccnc(-c3ccc(N4CCOCC4)cc3)n2)CC1. The number of morpholine rings is 1. The van der Waals surface area contributed by atoms with Gasteiger partial charge in [-0.1, -0.05) is 0 Å². The highest BCUT2D eigenvalue weighted by Crippen LogP contribution is 2.27. The molecule has 1 amide bonds. The summed E-state index contributed by atoms with van der Waals surface area (Å²) in [5.41, 5.74) is 3.79. The molecule has 0 atom stereocenters. The van der Waals surface area contributed by atoms with Crippen molar-refractivity contribution in [1.29, 1.82) is 0 Å². The first-order valence-corrected chi connectivity index (χ1v) is 12.3. The molecule has 2 aromatic heterocycles. The number of nitrogens with zero attached hydrogens (tertiary/aromatic N) is 6. The van der Waals surface area contributed by atoms with Crippen molar-refractivity contribution in [3.8, 4) is 11.4 Å². The van der Waals surface area contributed by atoms with Crippen LogP contribution in [0.1, 0.15) is 10.5 Å². The van der Waals surface area contributed by atoms with Gasteiger partial charge in [0, 0.05) is 62.9 Å². The Morgan fingerprint density at radius 2 is 1.72 bits per heavy atom. The molecule has 36 heavy (non-hydrogen) atoms. The third kappa shape index (κ3) is 5.48. The third-order valence-electron chi connectivity index (χ3n) is 6.62. The minimum absolute atomic E-state index is 0.283. The number of carbonyl (C=O) groups is 1. The number of anilines is 3. The van der Waals surface area contributed by atoms with Crippen molar-refractivity contribution >= 4 is 30.0 Å². The van der Waals surface area contributed by atoms with Gasteiger partial charge in [0.15, 0.2) is 5.82 Å². The Kier molecular flexibility index (Phi) is 7.40. The summed E-state index contributed by atoms with van der Waals surface area (Å²) >= 11 is 0. The second-order valence-electron chi connectivity index (χ2n) is 8.91. The topological polar surface area (TPSA) is 107 Å². The minimum Gasteiger partial charge on any atom is -0.437 e. The summed E-state index contributed by atoms with van der Waals surface area (Å²) < 4.78 is 5.43. The van der Waals surface area contributed by atoms with Crippen LogP contribution in [-0.4, -0.2) is 90.2 Å². The molecule has 0 spiro atoms. The van der Waals surface area contributed by atoms with E-state index in [4.69, 9.17) is 4.74 Å². The van der Waals surface area contributed by atoms with Crippen LogP contribution in [0, 0.1) is 0 Å².